The highest BCUT2D eigenvalue weighted by Gasteiger charge is 2.29. The Kier molecular flexibility index (Phi) is 28.9. The van der Waals surface area contributed by atoms with E-state index in [1.54, 1.807) is 0 Å². The lowest BCUT2D eigenvalue weighted by atomic mass is 10.1. The summed E-state index contributed by atoms with van der Waals surface area (Å²) in [5.74, 6) is -5.08. The van der Waals surface area contributed by atoms with Crippen molar-refractivity contribution in [2.45, 2.75) is 108 Å². The van der Waals surface area contributed by atoms with Crippen LogP contribution < -0.4 is 96.3 Å². The zero-order chi connectivity index (χ0) is 62.4. The molecule has 27 nitrogen and oxygen atoms in total. The molecule has 0 spiro atoms. The van der Waals surface area contributed by atoms with Gasteiger partial charge in [-0.3, -0.25) is 38.4 Å². The Labute approximate surface area is 494 Å². The molecule has 85 heavy (non-hydrogen) atoms. The van der Waals surface area contributed by atoms with E-state index < -0.39 is 71.4 Å². The number of carbonyl (C=O) groups excluding carboxylic acids is 8. The van der Waals surface area contributed by atoms with E-state index in [-0.39, 0.29) is 93.2 Å². The number of carbonyl (C=O) groups is 8. The molecule has 4 rings (SSSR count). The van der Waals surface area contributed by atoms with Gasteiger partial charge < -0.3 is 96.3 Å². The lowest BCUT2D eigenvalue weighted by Gasteiger charge is -2.22. The summed E-state index contributed by atoms with van der Waals surface area (Å²) < 4.78 is 21.8. The van der Waals surface area contributed by atoms with Gasteiger partial charge in [-0.05, 0) is 170 Å². The Balaban J connectivity index is 1.56. The fourth-order valence-electron chi connectivity index (χ4n) is 8.87. The van der Waals surface area contributed by atoms with Crippen molar-refractivity contribution >= 4 is 76.0 Å². The molecule has 0 heterocycles. The molecule has 0 saturated carbocycles. The Morgan fingerprint density at radius 3 is 0.965 bits per heavy atom. The lowest BCUT2D eigenvalue weighted by Crippen LogP contribution is -2.44. The number of hydrogen-bond acceptors (Lipinski definition) is 17. The fraction of sp³-hybridized carbons (Fsp3) is 0.431. The van der Waals surface area contributed by atoms with Gasteiger partial charge in [-0.1, -0.05) is 12.8 Å². The standard InChI is InChI=1S/C58H83N15O12/c1-82-46-22-18-34(30-38(46)50(63)74)66-54(78)42(15-7-11-27-60)70-51(75)39-31-35(19-23-47(39)83-2)67-55(79)43(16-8-12-28-61)71-52(76)40-32-36(20-24-48(40)84-3)68-56(80)44(17-9-13-29-62)72-53(77)41-33-37(21-25-49(41)85-4)69-57(81)45(73-58(64)65)14-6-5-10-26-59/h18-25,30-33,42-45H,5-17,26-29,59-62H2,1-4H3,(H2,63,74)(H,66,78)(H,67,79)(H,68,80)(H,69,81)(H,70,75)(H,71,76)(H,72,77)(H4,64,65,73)/t42-,43-,44-,45-/m0/s1. The highest BCUT2D eigenvalue weighted by Crippen LogP contribution is 2.28. The van der Waals surface area contributed by atoms with E-state index >= 15 is 0 Å². The molecule has 27 heteroatoms. The van der Waals surface area contributed by atoms with Crippen LogP contribution in [0.25, 0.3) is 0 Å². The van der Waals surface area contributed by atoms with Gasteiger partial charge in [0, 0.05) is 22.7 Å². The highest BCUT2D eigenvalue weighted by molar-refractivity contribution is 6.08. The second kappa shape index (κ2) is 35.8. The first-order valence-electron chi connectivity index (χ1n) is 27.9. The number of nitrogens with two attached hydrogens (primary N) is 7. The number of anilines is 4. The van der Waals surface area contributed by atoms with E-state index in [0.717, 1.165) is 12.8 Å². The molecule has 4 atom stereocenters. The Morgan fingerprint density at radius 1 is 0.388 bits per heavy atom. The van der Waals surface area contributed by atoms with Crippen molar-refractivity contribution in [2.75, 3.05) is 75.9 Å². The maximum atomic E-state index is 14.3. The molecule has 4 aromatic carbocycles. The van der Waals surface area contributed by atoms with Gasteiger partial charge in [0.25, 0.3) is 23.6 Å². The van der Waals surface area contributed by atoms with Crippen molar-refractivity contribution in [1.29, 1.82) is 0 Å². The highest BCUT2D eigenvalue weighted by atomic mass is 16.5. The van der Waals surface area contributed by atoms with E-state index in [2.05, 4.69) is 42.2 Å². The van der Waals surface area contributed by atoms with E-state index in [9.17, 15) is 38.4 Å². The van der Waals surface area contributed by atoms with Crippen LogP contribution in [0.3, 0.4) is 0 Å². The van der Waals surface area contributed by atoms with Gasteiger partial charge in [0.1, 0.15) is 47.2 Å². The van der Waals surface area contributed by atoms with Crippen molar-refractivity contribution in [2.24, 2.45) is 45.1 Å². The molecule has 0 aliphatic heterocycles. The third-order valence-corrected chi connectivity index (χ3v) is 13.4. The van der Waals surface area contributed by atoms with Crippen LogP contribution in [0.15, 0.2) is 77.8 Å². The molecule has 0 radical (unpaired) electrons. The smallest absolute Gasteiger partial charge is 0.255 e. The normalized spacial score (nSPS) is 12.2. The number of primary amides is 1. The molecule has 0 aromatic heterocycles. The number of methoxy groups -OCH3 is 4. The van der Waals surface area contributed by atoms with Crippen LogP contribution in [0.4, 0.5) is 22.7 Å². The molecular formula is C58H83N15O12. The van der Waals surface area contributed by atoms with Crippen molar-refractivity contribution in [3.8, 4) is 23.0 Å². The first kappa shape index (κ1) is 68.4. The molecule has 0 unspecified atom stereocenters. The molecule has 0 fully saturated rings. The minimum atomic E-state index is -1.18. The third kappa shape index (κ3) is 21.6. The fourth-order valence-corrected chi connectivity index (χ4v) is 8.87. The number of hydrogen-bond donors (Lipinski definition) is 14. The number of unbranched alkanes of at least 4 members (excludes halogenated alkanes) is 5. The SMILES string of the molecule is COc1ccc(NC(=O)[C@H](CCCCN)NC(=O)c2cc(NC(=O)[C@H](CCCCN)NC(=O)c3cc(NC(=O)[C@H](CCCCN)NC(=O)c4cc(NC(=O)[C@H](CCCCCN)N=C(N)N)ccc4OC)ccc3OC)ccc2OC)cc1C(N)=O. The van der Waals surface area contributed by atoms with Crippen LogP contribution in [0.5, 0.6) is 23.0 Å². The zero-order valence-electron chi connectivity index (χ0n) is 48.6. The number of benzene rings is 4. The molecule has 0 aliphatic carbocycles. The first-order valence-corrected chi connectivity index (χ1v) is 27.9. The topological polar surface area (TPSA) is 452 Å². The summed E-state index contributed by atoms with van der Waals surface area (Å²) in [6.45, 7) is 1.47. The second-order valence-electron chi connectivity index (χ2n) is 19.6. The Hall–Kier alpha value is -9.05. The van der Waals surface area contributed by atoms with Crippen molar-refractivity contribution in [3.05, 3.63) is 95.1 Å². The van der Waals surface area contributed by atoms with E-state index in [0.29, 0.717) is 77.5 Å². The number of guanidine groups is 1. The zero-order valence-corrected chi connectivity index (χ0v) is 48.6. The van der Waals surface area contributed by atoms with Gasteiger partial charge in [-0.15, -0.1) is 0 Å². The lowest BCUT2D eigenvalue weighted by molar-refractivity contribution is -0.118. The minimum Gasteiger partial charge on any atom is -0.496 e. The predicted octanol–water partition coefficient (Wildman–Crippen LogP) is 2.52. The van der Waals surface area contributed by atoms with Crippen LogP contribution in [0, 0.1) is 0 Å². The quantitative estimate of drug-likeness (QED) is 0.0175. The minimum absolute atomic E-state index is 0.000289. The summed E-state index contributed by atoms with van der Waals surface area (Å²) in [5.41, 5.74) is 40.4. The summed E-state index contributed by atoms with van der Waals surface area (Å²) >= 11 is 0. The van der Waals surface area contributed by atoms with Gasteiger partial charge in [-0.25, -0.2) is 4.99 Å². The number of amides is 8. The summed E-state index contributed by atoms with van der Waals surface area (Å²) in [6.07, 6.45) is 5.91. The van der Waals surface area contributed by atoms with E-state index in [4.69, 9.17) is 59.1 Å². The third-order valence-electron chi connectivity index (χ3n) is 13.4. The van der Waals surface area contributed by atoms with E-state index in [1.807, 2.05) is 0 Å². The maximum Gasteiger partial charge on any atom is 0.255 e. The van der Waals surface area contributed by atoms with Gasteiger partial charge in [0.2, 0.25) is 23.6 Å². The Bertz CT molecular complexity index is 2960. The van der Waals surface area contributed by atoms with Gasteiger partial charge in [0.05, 0.1) is 50.7 Å². The molecule has 8 amide bonds. The van der Waals surface area contributed by atoms with Crippen LogP contribution in [-0.2, 0) is 19.2 Å². The summed E-state index contributed by atoms with van der Waals surface area (Å²) in [7, 11) is 5.42. The van der Waals surface area contributed by atoms with Crippen molar-refractivity contribution in [1.82, 2.24) is 16.0 Å². The summed E-state index contributed by atoms with van der Waals surface area (Å²) in [4.78, 5) is 114. The molecule has 4 aromatic rings. The monoisotopic (exact) mass is 1180 g/mol. The van der Waals surface area contributed by atoms with Crippen molar-refractivity contribution in [3.63, 3.8) is 0 Å². The largest absolute Gasteiger partial charge is 0.496 e. The molecule has 0 bridgehead atoms. The first-order chi connectivity index (χ1) is 40.8. The van der Waals surface area contributed by atoms with Crippen molar-refractivity contribution < 1.29 is 57.3 Å². The predicted molar refractivity (Wildman–Crippen MR) is 325 cm³/mol. The number of aliphatic imine (C=N–C) groups is 1. The average molecular weight is 1180 g/mol. The van der Waals surface area contributed by atoms with Gasteiger partial charge in [0.15, 0.2) is 5.96 Å². The average Bonchev–Trinajstić information content (AvgIpc) is 3.41. The molecule has 0 aliphatic rings. The second-order valence-corrected chi connectivity index (χ2v) is 19.6. The number of rotatable bonds is 37. The molecule has 462 valence electrons. The van der Waals surface area contributed by atoms with E-state index in [1.165, 1.54) is 101 Å². The van der Waals surface area contributed by atoms with Crippen LogP contribution in [0.2, 0.25) is 0 Å². The Morgan fingerprint density at radius 2 is 0.671 bits per heavy atom. The number of nitrogens with one attached hydrogen (secondary N) is 7. The molecule has 21 N–H and O–H groups in total. The number of nitrogens with zero attached hydrogens (tertiary/aromatic N) is 1. The molecular weight excluding hydrogens is 1100 g/mol. The van der Waals surface area contributed by atoms with Crippen LogP contribution in [-0.4, -0.2) is 132 Å². The molecule has 0 saturated heterocycles. The van der Waals surface area contributed by atoms with Gasteiger partial charge in [-0.2, -0.15) is 0 Å². The van der Waals surface area contributed by atoms with Gasteiger partial charge >= 0.3 is 0 Å². The summed E-state index contributed by atoms with van der Waals surface area (Å²) in [6, 6.07) is 13.0. The van der Waals surface area contributed by atoms with Crippen LogP contribution >= 0.6 is 0 Å². The maximum absolute atomic E-state index is 14.3. The summed E-state index contributed by atoms with van der Waals surface area (Å²) in [5, 5.41) is 19.4. The van der Waals surface area contributed by atoms with Crippen LogP contribution in [0.1, 0.15) is 125 Å². The number of ether oxygens (including phenoxy) is 4.